The number of nitrogens with zero attached hydrogens (tertiary/aromatic N) is 2. The number of aryl methyl sites for hydroxylation is 2. The molecule has 2 rings (SSSR count). The number of thiazole rings is 1. The monoisotopic (exact) mass is 312 g/mol. The Morgan fingerprint density at radius 1 is 1.38 bits per heavy atom. The summed E-state index contributed by atoms with van der Waals surface area (Å²) < 4.78 is 5.53. The van der Waals surface area contributed by atoms with E-state index in [0.717, 1.165) is 28.4 Å². The third-order valence-corrected chi connectivity index (χ3v) is 4.56. The van der Waals surface area contributed by atoms with Gasteiger partial charge in [-0.15, -0.1) is 11.3 Å². The summed E-state index contributed by atoms with van der Waals surface area (Å²) in [4.78, 5) is 29.7. The number of aromatic nitrogens is 1. The molecule has 1 aliphatic heterocycles. The lowest BCUT2D eigenvalue weighted by molar-refractivity contribution is -0.138. The van der Waals surface area contributed by atoms with Crippen molar-refractivity contribution in [2.24, 2.45) is 0 Å². The summed E-state index contributed by atoms with van der Waals surface area (Å²) >= 11 is 1.44. The number of carbonyl (C=O) groups excluding carboxylic acids is 1. The Hall–Kier alpha value is -1.47. The number of ether oxygens (including phenoxy) is 1. The molecular formula is C14H20N2O4S. The van der Waals surface area contributed by atoms with Gasteiger partial charge in [0.05, 0.1) is 29.8 Å². The second-order valence-corrected chi connectivity index (χ2v) is 6.36. The molecule has 0 bridgehead atoms. The number of carboxylic acids is 1. The molecule has 1 aromatic rings. The van der Waals surface area contributed by atoms with Crippen LogP contribution in [0.5, 0.6) is 0 Å². The van der Waals surface area contributed by atoms with Crippen molar-refractivity contribution >= 4 is 23.2 Å². The topological polar surface area (TPSA) is 79.7 Å². The minimum atomic E-state index is -0.848. The zero-order valence-corrected chi connectivity index (χ0v) is 13.1. The standard InChI is InChI=1S/C14H20N2O4S/c1-9-13(21-10(2)15-9)14(19)16-6-3-11(4-7-16)20-8-5-12(17)18/h11H,3-8H2,1-2H3,(H,17,18). The first-order chi connectivity index (χ1) is 9.97. The molecule has 1 fully saturated rings. The molecule has 0 unspecified atom stereocenters. The summed E-state index contributed by atoms with van der Waals surface area (Å²) in [6.45, 7) is 5.29. The highest BCUT2D eigenvalue weighted by atomic mass is 32.1. The molecule has 0 radical (unpaired) electrons. The molecule has 0 saturated carbocycles. The van der Waals surface area contributed by atoms with Crippen molar-refractivity contribution in [3.05, 3.63) is 15.6 Å². The first-order valence-corrected chi connectivity index (χ1v) is 7.85. The van der Waals surface area contributed by atoms with Crippen LogP contribution in [0.15, 0.2) is 0 Å². The Kier molecular flexibility index (Phi) is 5.30. The van der Waals surface area contributed by atoms with Gasteiger partial charge in [0.15, 0.2) is 0 Å². The quantitative estimate of drug-likeness (QED) is 0.897. The van der Waals surface area contributed by atoms with E-state index >= 15 is 0 Å². The van der Waals surface area contributed by atoms with E-state index in [2.05, 4.69) is 4.98 Å². The van der Waals surface area contributed by atoms with Gasteiger partial charge in [0, 0.05) is 13.1 Å². The van der Waals surface area contributed by atoms with E-state index in [0.29, 0.717) is 13.1 Å². The Bertz CT molecular complexity index is 521. The number of carboxylic acid groups (broad SMARTS) is 1. The van der Waals surface area contributed by atoms with Gasteiger partial charge in [0.1, 0.15) is 4.88 Å². The van der Waals surface area contributed by atoms with Crippen molar-refractivity contribution in [2.45, 2.75) is 39.2 Å². The van der Waals surface area contributed by atoms with Crippen molar-refractivity contribution in [1.29, 1.82) is 0 Å². The summed E-state index contributed by atoms with van der Waals surface area (Å²) in [6, 6.07) is 0. The van der Waals surface area contributed by atoms with Gasteiger partial charge in [-0.1, -0.05) is 0 Å². The van der Waals surface area contributed by atoms with Gasteiger partial charge < -0.3 is 14.7 Å². The molecule has 1 saturated heterocycles. The molecule has 7 heteroatoms. The van der Waals surface area contributed by atoms with Crippen molar-refractivity contribution in [3.8, 4) is 0 Å². The van der Waals surface area contributed by atoms with Crippen LogP contribution in [0.4, 0.5) is 0 Å². The lowest BCUT2D eigenvalue weighted by Gasteiger charge is -2.31. The molecule has 1 aliphatic rings. The largest absolute Gasteiger partial charge is 0.481 e. The first kappa shape index (κ1) is 15.9. The Morgan fingerprint density at radius 3 is 2.57 bits per heavy atom. The van der Waals surface area contributed by atoms with Crippen LogP contribution in [-0.4, -0.2) is 52.7 Å². The van der Waals surface area contributed by atoms with Crippen molar-refractivity contribution in [2.75, 3.05) is 19.7 Å². The van der Waals surface area contributed by atoms with Crippen molar-refractivity contribution in [1.82, 2.24) is 9.88 Å². The van der Waals surface area contributed by atoms with Gasteiger partial charge in [0.2, 0.25) is 0 Å². The maximum atomic E-state index is 12.4. The number of likely N-dealkylation sites (tertiary alicyclic amines) is 1. The third-order valence-electron chi connectivity index (χ3n) is 3.50. The molecule has 0 spiro atoms. The van der Waals surface area contributed by atoms with Crippen LogP contribution in [0, 0.1) is 13.8 Å². The highest BCUT2D eigenvalue weighted by Crippen LogP contribution is 2.22. The number of carbonyl (C=O) groups is 2. The minimum Gasteiger partial charge on any atom is -0.481 e. The number of rotatable bonds is 5. The van der Waals surface area contributed by atoms with Gasteiger partial charge in [-0.05, 0) is 26.7 Å². The van der Waals surface area contributed by atoms with Crippen molar-refractivity contribution < 1.29 is 19.4 Å². The van der Waals surface area contributed by atoms with Crippen LogP contribution in [0.3, 0.4) is 0 Å². The molecule has 6 nitrogen and oxygen atoms in total. The summed E-state index contributed by atoms with van der Waals surface area (Å²) in [5, 5.41) is 9.48. The fourth-order valence-electron chi connectivity index (χ4n) is 2.41. The van der Waals surface area contributed by atoms with E-state index in [-0.39, 0.29) is 25.0 Å². The van der Waals surface area contributed by atoms with Gasteiger partial charge in [-0.2, -0.15) is 0 Å². The van der Waals surface area contributed by atoms with E-state index in [1.54, 1.807) is 0 Å². The van der Waals surface area contributed by atoms with E-state index in [9.17, 15) is 9.59 Å². The minimum absolute atomic E-state index is 0.0263. The zero-order valence-electron chi connectivity index (χ0n) is 12.3. The number of aliphatic carboxylic acids is 1. The second-order valence-electron chi connectivity index (χ2n) is 5.15. The van der Waals surface area contributed by atoms with Crippen LogP contribution in [0.2, 0.25) is 0 Å². The summed E-state index contributed by atoms with van der Waals surface area (Å²) in [6.07, 6.45) is 1.58. The molecule has 1 amide bonds. The third kappa shape index (κ3) is 4.25. The fourth-order valence-corrected chi connectivity index (χ4v) is 3.30. The molecule has 0 atom stereocenters. The fraction of sp³-hybridized carbons (Fsp3) is 0.643. The highest BCUT2D eigenvalue weighted by molar-refractivity contribution is 7.13. The van der Waals surface area contributed by atoms with Crippen LogP contribution in [-0.2, 0) is 9.53 Å². The molecule has 2 heterocycles. The lowest BCUT2D eigenvalue weighted by Crippen LogP contribution is -2.41. The molecular weight excluding hydrogens is 292 g/mol. The number of hydrogen-bond acceptors (Lipinski definition) is 5. The maximum absolute atomic E-state index is 12.4. The van der Waals surface area contributed by atoms with Crippen LogP contribution in [0.1, 0.15) is 39.6 Å². The SMILES string of the molecule is Cc1nc(C)c(C(=O)N2CCC(OCCC(=O)O)CC2)s1. The summed E-state index contributed by atoms with van der Waals surface area (Å²) in [5.74, 6) is -0.805. The average molecular weight is 312 g/mol. The van der Waals surface area contributed by atoms with Crippen LogP contribution >= 0.6 is 11.3 Å². The van der Waals surface area contributed by atoms with Crippen LogP contribution < -0.4 is 0 Å². The van der Waals surface area contributed by atoms with E-state index < -0.39 is 5.97 Å². The zero-order chi connectivity index (χ0) is 15.4. The predicted octanol–water partition coefficient (Wildman–Crippen LogP) is 1.86. The van der Waals surface area contributed by atoms with E-state index in [1.165, 1.54) is 11.3 Å². The molecule has 1 aromatic heterocycles. The van der Waals surface area contributed by atoms with Gasteiger partial charge >= 0.3 is 5.97 Å². The summed E-state index contributed by atoms with van der Waals surface area (Å²) in [7, 11) is 0. The number of piperidine rings is 1. The average Bonchev–Trinajstić information content (AvgIpc) is 2.77. The second kappa shape index (κ2) is 7.00. The molecule has 0 aliphatic carbocycles. The Balaban J connectivity index is 1.82. The highest BCUT2D eigenvalue weighted by Gasteiger charge is 2.26. The van der Waals surface area contributed by atoms with Gasteiger partial charge in [-0.25, -0.2) is 4.98 Å². The molecule has 116 valence electrons. The van der Waals surface area contributed by atoms with E-state index in [1.807, 2.05) is 18.7 Å². The Morgan fingerprint density at radius 2 is 2.05 bits per heavy atom. The Labute approximate surface area is 127 Å². The summed E-state index contributed by atoms with van der Waals surface area (Å²) in [5.41, 5.74) is 0.794. The first-order valence-electron chi connectivity index (χ1n) is 7.04. The van der Waals surface area contributed by atoms with Crippen LogP contribution in [0.25, 0.3) is 0 Å². The lowest BCUT2D eigenvalue weighted by atomic mass is 10.1. The number of amides is 1. The van der Waals surface area contributed by atoms with Gasteiger partial charge in [-0.3, -0.25) is 9.59 Å². The number of hydrogen-bond donors (Lipinski definition) is 1. The maximum Gasteiger partial charge on any atom is 0.305 e. The predicted molar refractivity (Wildman–Crippen MR) is 78.7 cm³/mol. The molecule has 1 N–H and O–H groups in total. The normalized spacial score (nSPS) is 16.2. The van der Waals surface area contributed by atoms with Gasteiger partial charge in [0.25, 0.3) is 5.91 Å². The smallest absolute Gasteiger partial charge is 0.305 e. The molecule has 0 aromatic carbocycles. The molecule has 21 heavy (non-hydrogen) atoms. The van der Waals surface area contributed by atoms with Crippen molar-refractivity contribution in [3.63, 3.8) is 0 Å². The van der Waals surface area contributed by atoms with E-state index in [4.69, 9.17) is 9.84 Å².